The second-order valence-electron chi connectivity index (χ2n) is 6.72. The van der Waals surface area contributed by atoms with Gasteiger partial charge >= 0.3 is 5.97 Å². The van der Waals surface area contributed by atoms with Crippen LogP contribution in [0.15, 0.2) is 29.2 Å². The van der Waals surface area contributed by atoms with Gasteiger partial charge in [0.1, 0.15) is 12.3 Å². The summed E-state index contributed by atoms with van der Waals surface area (Å²) >= 11 is 0.812. The fraction of sp³-hybridized carbons (Fsp3) is 0.450. The third-order valence-electron chi connectivity index (χ3n) is 3.85. The van der Waals surface area contributed by atoms with Gasteiger partial charge < -0.3 is 9.47 Å². The maximum Gasteiger partial charge on any atom is 0.326 e. The lowest BCUT2D eigenvalue weighted by Gasteiger charge is -2.15. The highest BCUT2D eigenvalue weighted by atomic mass is 32.2. The van der Waals surface area contributed by atoms with Gasteiger partial charge in [0.15, 0.2) is 0 Å². The zero-order valence-corrected chi connectivity index (χ0v) is 16.9. The number of ether oxygens (including phenoxy) is 2. The van der Waals surface area contributed by atoms with Gasteiger partial charge in [0.25, 0.3) is 11.1 Å². The molecular weight excluding hydrogens is 366 g/mol. The van der Waals surface area contributed by atoms with Crippen molar-refractivity contribution in [2.75, 3.05) is 13.2 Å². The van der Waals surface area contributed by atoms with Gasteiger partial charge in [-0.25, -0.2) is 0 Å². The summed E-state index contributed by atoms with van der Waals surface area (Å²) in [6.45, 7) is 7.92. The molecule has 0 unspecified atom stereocenters. The van der Waals surface area contributed by atoms with Crippen molar-refractivity contribution in [3.05, 3.63) is 34.7 Å². The van der Waals surface area contributed by atoms with Crippen molar-refractivity contribution < 1.29 is 23.9 Å². The average Bonchev–Trinajstić information content (AvgIpc) is 2.88. The van der Waals surface area contributed by atoms with Crippen molar-refractivity contribution in [3.8, 4) is 5.75 Å². The fourth-order valence-corrected chi connectivity index (χ4v) is 3.07. The predicted molar refractivity (Wildman–Crippen MR) is 105 cm³/mol. The van der Waals surface area contributed by atoms with Crippen molar-refractivity contribution in [1.82, 2.24) is 4.90 Å². The summed E-state index contributed by atoms with van der Waals surface area (Å²) < 4.78 is 10.9. The normalized spacial score (nSPS) is 16.9. The lowest BCUT2D eigenvalue weighted by molar-refractivity contribution is -0.150. The molecule has 1 fully saturated rings. The number of nitrogens with zero attached hydrogens (tertiary/aromatic N) is 1. The second kappa shape index (κ2) is 9.60. The molecule has 1 aromatic rings. The van der Waals surface area contributed by atoms with Crippen molar-refractivity contribution in [1.29, 1.82) is 0 Å². The molecule has 7 heteroatoms. The molecule has 1 aromatic carbocycles. The molecule has 1 aliphatic rings. The van der Waals surface area contributed by atoms with Crippen molar-refractivity contribution >= 4 is 35.0 Å². The fourth-order valence-electron chi connectivity index (χ4n) is 2.24. The molecule has 27 heavy (non-hydrogen) atoms. The van der Waals surface area contributed by atoms with E-state index in [2.05, 4.69) is 0 Å². The van der Waals surface area contributed by atoms with Gasteiger partial charge in [-0.05, 0) is 43.2 Å². The van der Waals surface area contributed by atoms with E-state index in [-0.39, 0.29) is 17.6 Å². The summed E-state index contributed by atoms with van der Waals surface area (Å²) in [6, 6.07) is 7.33. The van der Waals surface area contributed by atoms with Gasteiger partial charge in [0, 0.05) is 5.56 Å². The van der Waals surface area contributed by atoms with Crippen LogP contribution in [0.3, 0.4) is 0 Å². The molecule has 0 spiro atoms. The number of hydrogen-bond donors (Lipinski definition) is 0. The molecular formula is C20H25NO5S. The van der Waals surface area contributed by atoms with Crippen molar-refractivity contribution in [2.24, 2.45) is 5.92 Å². The molecule has 2 rings (SSSR count). The third-order valence-corrected chi connectivity index (χ3v) is 4.75. The maximum absolute atomic E-state index is 12.6. The number of benzene rings is 1. The minimum absolute atomic E-state index is 0.252. The topological polar surface area (TPSA) is 72.9 Å². The largest absolute Gasteiger partial charge is 0.493 e. The van der Waals surface area contributed by atoms with E-state index in [1.54, 1.807) is 13.0 Å². The Morgan fingerprint density at radius 1 is 1.22 bits per heavy atom. The standard InChI is InChI=1S/C20H25NO5S/c1-5-14(4)26-18(22)11-21-19(23)17(27-20(21)24)10-15-8-6-7-9-16(15)25-12-13(2)3/h6-10,13-14H,5,11-12H2,1-4H3/b17-10+/t14-/m0/s1. The van der Waals surface area contributed by atoms with Gasteiger partial charge in [0.05, 0.1) is 17.6 Å². The van der Waals surface area contributed by atoms with Gasteiger partial charge in [-0.2, -0.15) is 0 Å². The summed E-state index contributed by atoms with van der Waals surface area (Å²) in [5.41, 5.74) is 0.714. The van der Waals surface area contributed by atoms with Crippen LogP contribution in [0.4, 0.5) is 4.79 Å². The highest BCUT2D eigenvalue weighted by Crippen LogP contribution is 2.34. The average molecular weight is 391 g/mol. The number of thioether (sulfide) groups is 1. The molecule has 146 valence electrons. The minimum Gasteiger partial charge on any atom is -0.493 e. The van der Waals surface area contributed by atoms with Crippen molar-refractivity contribution in [3.63, 3.8) is 0 Å². The molecule has 0 N–H and O–H groups in total. The van der Waals surface area contributed by atoms with E-state index in [0.717, 1.165) is 16.7 Å². The number of hydrogen-bond acceptors (Lipinski definition) is 6. The van der Waals surface area contributed by atoms with E-state index in [9.17, 15) is 14.4 Å². The van der Waals surface area contributed by atoms with Crippen LogP contribution in [-0.4, -0.2) is 41.3 Å². The Morgan fingerprint density at radius 3 is 2.59 bits per heavy atom. The Bertz CT molecular complexity index is 744. The highest BCUT2D eigenvalue weighted by molar-refractivity contribution is 8.18. The summed E-state index contributed by atoms with van der Waals surface area (Å²) in [5, 5.41) is -0.479. The smallest absolute Gasteiger partial charge is 0.326 e. The Labute approximate surface area is 163 Å². The first-order valence-electron chi connectivity index (χ1n) is 8.98. The monoisotopic (exact) mass is 391 g/mol. The lowest BCUT2D eigenvalue weighted by atomic mass is 10.1. The van der Waals surface area contributed by atoms with Crippen LogP contribution < -0.4 is 4.74 Å². The number of esters is 1. The molecule has 1 heterocycles. The summed E-state index contributed by atoms with van der Waals surface area (Å²) in [4.78, 5) is 37.8. The SMILES string of the molecule is CC[C@H](C)OC(=O)CN1C(=O)S/C(=C/c2ccccc2OCC(C)C)C1=O. The highest BCUT2D eigenvalue weighted by Gasteiger charge is 2.37. The maximum atomic E-state index is 12.6. The van der Waals surface area contributed by atoms with Gasteiger partial charge in [-0.1, -0.05) is 39.0 Å². The molecule has 1 aliphatic heterocycles. The lowest BCUT2D eigenvalue weighted by Crippen LogP contribution is -2.35. The molecule has 1 atom stereocenters. The Morgan fingerprint density at radius 2 is 1.93 bits per heavy atom. The van der Waals surface area contributed by atoms with Crippen LogP contribution in [0.25, 0.3) is 6.08 Å². The zero-order valence-electron chi connectivity index (χ0n) is 16.1. The first-order valence-corrected chi connectivity index (χ1v) is 9.80. The predicted octanol–water partition coefficient (Wildman–Crippen LogP) is 4.10. The van der Waals surface area contributed by atoms with Crippen LogP contribution in [0, 0.1) is 5.92 Å². The molecule has 1 saturated heterocycles. The molecule has 0 saturated carbocycles. The van der Waals surface area contributed by atoms with Crippen LogP contribution >= 0.6 is 11.8 Å². The molecule has 6 nitrogen and oxygen atoms in total. The van der Waals surface area contributed by atoms with Crippen LogP contribution in [0.2, 0.25) is 0 Å². The first kappa shape index (κ1) is 21.0. The zero-order chi connectivity index (χ0) is 20.0. The Hall–Kier alpha value is -2.28. The Balaban J connectivity index is 2.13. The Kier molecular flexibility index (Phi) is 7.47. The van der Waals surface area contributed by atoms with Gasteiger partial charge in [0.2, 0.25) is 0 Å². The summed E-state index contributed by atoms with van der Waals surface area (Å²) in [7, 11) is 0. The van der Waals surface area contributed by atoms with Crippen LogP contribution in [-0.2, 0) is 14.3 Å². The molecule has 2 amide bonds. The third kappa shape index (κ3) is 5.85. The van der Waals surface area contributed by atoms with Gasteiger partial charge in [-0.3, -0.25) is 19.3 Å². The van der Waals surface area contributed by atoms with Crippen LogP contribution in [0.5, 0.6) is 5.75 Å². The molecule has 0 radical (unpaired) electrons. The molecule has 0 aromatic heterocycles. The number of para-hydroxylation sites is 1. The molecule has 0 aliphatic carbocycles. The van der Waals surface area contributed by atoms with Crippen LogP contribution in [0.1, 0.15) is 39.7 Å². The second-order valence-corrected chi connectivity index (χ2v) is 7.71. The minimum atomic E-state index is -0.589. The number of rotatable bonds is 8. The van der Waals surface area contributed by atoms with Crippen molar-refractivity contribution in [2.45, 2.75) is 40.2 Å². The van der Waals surface area contributed by atoms with E-state index in [1.807, 2.05) is 45.0 Å². The summed E-state index contributed by atoms with van der Waals surface area (Å²) in [6.07, 6.45) is 2.04. The van der Waals surface area contributed by atoms with E-state index in [4.69, 9.17) is 9.47 Å². The molecule has 0 bridgehead atoms. The number of carbonyl (C=O) groups excluding carboxylic acids is 3. The van der Waals surface area contributed by atoms with E-state index < -0.39 is 17.1 Å². The van der Waals surface area contributed by atoms with Gasteiger partial charge in [-0.15, -0.1) is 0 Å². The number of carbonyl (C=O) groups is 3. The number of amides is 2. The summed E-state index contributed by atoms with van der Waals surface area (Å²) in [5.74, 6) is -0.0747. The number of imide groups is 1. The van der Waals surface area contributed by atoms with E-state index >= 15 is 0 Å². The van der Waals surface area contributed by atoms with E-state index in [0.29, 0.717) is 30.3 Å². The first-order chi connectivity index (χ1) is 12.8. The quantitative estimate of drug-likeness (QED) is 0.491. The van der Waals surface area contributed by atoms with E-state index in [1.165, 1.54) is 0 Å².